The van der Waals surface area contributed by atoms with Crippen molar-refractivity contribution in [3.8, 4) is 0 Å². The lowest BCUT2D eigenvalue weighted by Gasteiger charge is -2.10. The van der Waals surface area contributed by atoms with Gasteiger partial charge in [-0.3, -0.25) is 9.71 Å². The van der Waals surface area contributed by atoms with E-state index >= 15 is 0 Å². The van der Waals surface area contributed by atoms with Crippen molar-refractivity contribution in [3.63, 3.8) is 0 Å². The molecule has 5 nitrogen and oxygen atoms in total. The lowest BCUT2D eigenvalue weighted by Crippen LogP contribution is -2.15. The molecule has 0 bridgehead atoms. The molecule has 0 amide bonds. The first-order chi connectivity index (χ1) is 8.90. The largest absolute Gasteiger partial charge is 0.398 e. The number of hydrogen-bond acceptors (Lipinski definition) is 4. The number of benzene rings is 1. The van der Waals surface area contributed by atoms with Crippen LogP contribution in [0.25, 0.3) is 0 Å². The lowest BCUT2D eigenvalue weighted by atomic mass is 10.2. The number of nitrogens with one attached hydrogen (secondary N) is 1. The Bertz CT molecular complexity index is 717. The number of anilines is 2. The highest BCUT2D eigenvalue weighted by Gasteiger charge is 2.17. The first kappa shape index (κ1) is 13.8. The van der Waals surface area contributed by atoms with Crippen LogP contribution in [0.5, 0.6) is 0 Å². The van der Waals surface area contributed by atoms with Crippen LogP contribution in [0.4, 0.5) is 11.4 Å². The molecule has 2 aromatic rings. The number of hydrogen-bond donors (Lipinski definition) is 2. The molecule has 0 unspecified atom stereocenters. The van der Waals surface area contributed by atoms with Crippen LogP contribution >= 0.6 is 15.9 Å². The number of aryl methyl sites for hydroxylation is 1. The van der Waals surface area contributed by atoms with E-state index in [-0.39, 0.29) is 10.6 Å². The van der Waals surface area contributed by atoms with Gasteiger partial charge in [0.05, 0.1) is 5.69 Å². The van der Waals surface area contributed by atoms with Crippen LogP contribution in [-0.4, -0.2) is 13.4 Å². The van der Waals surface area contributed by atoms with Crippen LogP contribution < -0.4 is 10.5 Å². The highest BCUT2D eigenvalue weighted by Crippen LogP contribution is 2.23. The molecule has 0 saturated carbocycles. The van der Waals surface area contributed by atoms with Gasteiger partial charge in [-0.25, -0.2) is 8.42 Å². The molecule has 2 rings (SSSR count). The molecule has 7 heteroatoms. The minimum Gasteiger partial charge on any atom is -0.398 e. The van der Waals surface area contributed by atoms with Gasteiger partial charge < -0.3 is 5.73 Å². The summed E-state index contributed by atoms with van der Waals surface area (Å²) in [5, 5.41) is 0. The van der Waals surface area contributed by atoms with Gasteiger partial charge in [0.1, 0.15) is 4.90 Å². The van der Waals surface area contributed by atoms with Crippen molar-refractivity contribution in [1.82, 2.24) is 4.98 Å². The average Bonchev–Trinajstić information content (AvgIpc) is 2.34. The van der Waals surface area contributed by atoms with E-state index in [1.165, 1.54) is 18.5 Å². The predicted molar refractivity (Wildman–Crippen MR) is 78.3 cm³/mol. The van der Waals surface area contributed by atoms with Crippen LogP contribution in [0.3, 0.4) is 0 Å². The zero-order valence-corrected chi connectivity index (χ0v) is 12.5. The monoisotopic (exact) mass is 341 g/mol. The standard InChI is InChI=1S/C12H12BrN3O2S/c1-8-6-9(2-3-10(8)13)16-19(17,18)12-7-15-5-4-11(12)14/h2-7,16H,1H3,(H2,14,15). The smallest absolute Gasteiger partial charge is 0.265 e. The molecule has 0 radical (unpaired) electrons. The molecule has 0 atom stereocenters. The highest BCUT2D eigenvalue weighted by atomic mass is 79.9. The summed E-state index contributed by atoms with van der Waals surface area (Å²) in [6.45, 7) is 1.88. The van der Waals surface area contributed by atoms with Gasteiger partial charge in [0.2, 0.25) is 0 Å². The molecule has 1 aromatic carbocycles. The van der Waals surface area contributed by atoms with Crippen molar-refractivity contribution in [2.24, 2.45) is 0 Å². The Morgan fingerprint density at radius 3 is 2.68 bits per heavy atom. The van der Waals surface area contributed by atoms with Gasteiger partial charge in [0, 0.05) is 22.6 Å². The Labute approximate surface area is 120 Å². The van der Waals surface area contributed by atoms with Crippen LogP contribution in [0.15, 0.2) is 46.0 Å². The van der Waals surface area contributed by atoms with Gasteiger partial charge in [-0.2, -0.15) is 0 Å². The molecule has 0 aliphatic heterocycles. The summed E-state index contributed by atoms with van der Waals surface area (Å²) in [5.41, 5.74) is 7.22. The maximum absolute atomic E-state index is 12.2. The normalized spacial score (nSPS) is 11.3. The molecule has 100 valence electrons. The molecule has 3 N–H and O–H groups in total. The fourth-order valence-corrected chi connectivity index (χ4v) is 2.91. The zero-order valence-electron chi connectivity index (χ0n) is 10.1. The van der Waals surface area contributed by atoms with Crippen LogP contribution in [0.1, 0.15) is 5.56 Å². The Kier molecular flexibility index (Phi) is 3.77. The minimum atomic E-state index is -3.73. The van der Waals surface area contributed by atoms with Gasteiger partial charge in [-0.15, -0.1) is 0 Å². The van der Waals surface area contributed by atoms with Gasteiger partial charge in [-0.1, -0.05) is 15.9 Å². The fraction of sp³-hybridized carbons (Fsp3) is 0.0833. The Hall–Kier alpha value is -1.60. The predicted octanol–water partition coefficient (Wildman–Crippen LogP) is 2.54. The lowest BCUT2D eigenvalue weighted by molar-refractivity contribution is 0.601. The molecule has 0 aliphatic rings. The third kappa shape index (κ3) is 3.05. The molecule has 1 aromatic heterocycles. The number of nitrogen functional groups attached to an aromatic ring is 1. The third-order valence-corrected chi connectivity index (χ3v) is 4.83. The van der Waals surface area contributed by atoms with Gasteiger partial charge in [0.15, 0.2) is 0 Å². The molecular formula is C12H12BrN3O2S. The fourth-order valence-electron chi connectivity index (χ4n) is 1.53. The molecular weight excluding hydrogens is 330 g/mol. The second kappa shape index (κ2) is 5.18. The number of sulfonamides is 1. The number of nitrogens with two attached hydrogens (primary N) is 1. The summed E-state index contributed by atoms with van der Waals surface area (Å²) in [5.74, 6) is 0. The van der Waals surface area contributed by atoms with E-state index in [1.807, 2.05) is 6.92 Å². The zero-order chi connectivity index (χ0) is 14.0. The van der Waals surface area contributed by atoms with Crippen LogP contribution in [0, 0.1) is 6.92 Å². The molecule has 19 heavy (non-hydrogen) atoms. The van der Waals surface area contributed by atoms with Crippen molar-refractivity contribution >= 4 is 37.3 Å². The van der Waals surface area contributed by atoms with E-state index in [9.17, 15) is 8.42 Å². The Morgan fingerprint density at radius 2 is 2.05 bits per heavy atom. The van der Waals surface area contributed by atoms with Crippen molar-refractivity contribution in [2.75, 3.05) is 10.5 Å². The van der Waals surface area contributed by atoms with Crippen LogP contribution in [0.2, 0.25) is 0 Å². The Balaban J connectivity index is 2.37. The third-order valence-electron chi connectivity index (χ3n) is 2.52. The average molecular weight is 342 g/mol. The summed E-state index contributed by atoms with van der Waals surface area (Å²) in [6, 6.07) is 6.62. The first-order valence-electron chi connectivity index (χ1n) is 5.38. The number of aromatic nitrogens is 1. The molecule has 0 aliphatic carbocycles. The maximum atomic E-state index is 12.2. The molecule has 1 heterocycles. The highest BCUT2D eigenvalue weighted by molar-refractivity contribution is 9.10. The van der Waals surface area contributed by atoms with E-state index in [0.717, 1.165) is 10.0 Å². The molecule has 0 fully saturated rings. The van der Waals surface area contributed by atoms with Gasteiger partial charge in [0.25, 0.3) is 10.0 Å². The van der Waals surface area contributed by atoms with E-state index in [1.54, 1.807) is 18.2 Å². The summed E-state index contributed by atoms with van der Waals surface area (Å²) in [4.78, 5) is 3.75. The maximum Gasteiger partial charge on any atom is 0.265 e. The number of pyridine rings is 1. The van der Waals surface area contributed by atoms with E-state index in [4.69, 9.17) is 5.73 Å². The number of rotatable bonds is 3. The van der Waals surface area contributed by atoms with Gasteiger partial charge >= 0.3 is 0 Å². The SMILES string of the molecule is Cc1cc(NS(=O)(=O)c2cnccc2N)ccc1Br. The summed E-state index contributed by atoms with van der Waals surface area (Å²) in [6.07, 6.45) is 2.67. The second-order valence-corrected chi connectivity index (χ2v) is 6.49. The van der Waals surface area contributed by atoms with Crippen molar-refractivity contribution < 1.29 is 8.42 Å². The van der Waals surface area contributed by atoms with Gasteiger partial charge in [-0.05, 0) is 36.8 Å². The second-order valence-electron chi connectivity index (χ2n) is 3.98. The quantitative estimate of drug-likeness (QED) is 0.898. The van der Waals surface area contributed by atoms with Crippen molar-refractivity contribution in [1.29, 1.82) is 0 Å². The number of halogens is 1. The summed E-state index contributed by atoms with van der Waals surface area (Å²) >= 11 is 3.36. The Morgan fingerprint density at radius 1 is 1.32 bits per heavy atom. The van der Waals surface area contributed by atoms with E-state index < -0.39 is 10.0 Å². The molecule has 0 saturated heterocycles. The topological polar surface area (TPSA) is 85.1 Å². The van der Waals surface area contributed by atoms with Crippen molar-refractivity contribution in [3.05, 3.63) is 46.7 Å². The van der Waals surface area contributed by atoms with Crippen molar-refractivity contribution in [2.45, 2.75) is 11.8 Å². The van der Waals surface area contributed by atoms with Crippen LogP contribution in [-0.2, 0) is 10.0 Å². The van der Waals surface area contributed by atoms with E-state index in [0.29, 0.717) is 5.69 Å². The summed E-state index contributed by atoms with van der Waals surface area (Å²) < 4.78 is 27.7. The summed E-state index contributed by atoms with van der Waals surface area (Å²) in [7, 11) is -3.73. The minimum absolute atomic E-state index is 0.0319. The molecule has 0 spiro atoms. The number of nitrogens with zero attached hydrogens (tertiary/aromatic N) is 1. The van der Waals surface area contributed by atoms with E-state index in [2.05, 4.69) is 25.6 Å². The first-order valence-corrected chi connectivity index (χ1v) is 7.66.